The summed E-state index contributed by atoms with van der Waals surface area (Å²) in [5.74, 6) is 0.621. The number of anilines is 1. The number of hydrogen-bond acceptors (Lipinski definition) is 2. The lowest BCUT2D eigenvalue weighted by molar-refractivity contribution is -0.113. The maximum absolute atomic E-state index is 13.0. The van der Waals surface area contributed by atoms with E-state index in [-0.39, 0.29) is 5.91 Å². The van der Waals surface area contributed by atoms with E-state index in [1.54, 1.807) is 4.90 Å². The van der Waals surface area contributed by atoms with E-state index in [9.17, 15) is 4.79 Å². The van der Waals surface area contributed by atoms with Gasteiger partial charge in [-0.15, -0.1) is 0 Å². The monoisotopic (exact) mass is 350 g/mol. The summed E-state index contributed by atoms with van der Waals surface area (Å²) >= 11 is 0. The number of rotatable bonds is 2. The van der Waals surface area contributed by atoms with Crippen LogP contribution in [0.1, 0.15) is 23.6 Å². The third-order valence-electron chi connectivity index (χ3n) is 5.17. The highest BCUT2D eigenvalue weighted by molar-refractivity contribution is 6.28. The Morgan fingerprint density at radius 3 is 2.48 bits per heavy atom. The molecule has 0 saturated carbocycles. The molecular weight excluding hydrogens is 332 g/mol. The topological polar surface area (TPSA) is 32.7 Å². The molecule has 3 nitrogen and oxygen atoms in total. The molecule has 2 aliphatic rings. The standard InChI is InChI=1S/C24H18N2O/c1-16-25-23(13-17-7-3-2-4-8-17)24(27)26(16)20-12-11-19-14-18-9-5-6-10-21(18)22(19)15-20/h2-13,15H,14H2,1H3/b23-13+. The molecule has 3 aromatic rings. The Balaban J connectivity index is 1.53. The van der Waals surface area contributed by atoms with E-state index in [0.29, 0.717) is 11.5 Å². The first-order valence-corrected chi connectivity index (χ1v) is 9.08. The zero-order valence-electron chi connectivity index (χ0n) is 15.0. The highest BCUT2D eigenvalue weighted by Crippen LogP contribution is 2.39. The zero-order valence-corrected chi connectivity index (χ0v) is 15.0. The lowest BCUT2D eigenvalue weighted by Gasteiger charge is -2.17. The molecule has 0 N–H and O–H groups in total. The van der Waals surface area contributed by atoms with Gasteiger partial charge in [-0.05, 0) is 59.4 Å². The average Bonchev–Trinajstić information content (AvgIpc) is 3.19. The van der Waals surface area contributed by atoms with Gasteiger partial charge in [-0.2, -0.15) is 0 Å². The van der Waals surface area contributed by atoms with Crippen molar-refractivity contribution in [2.45, 2.75) is 13.3 Å². The summed E-state index contributed by atoms with van der Waals surface area (Å²) in [7, 11) is 0. The van der Waals surface area contributed by atoms with Gasteiger partial charge in [0.1, 0.15) is 11.5 Å². The molecule has 1 aliphatic carbocycles. The van der Waals surface area contributed by atoms with Crippen LogP contribution in [0, 0.1) is 0 Å². The normalized spacial score (nSPS) is 16.5. The lowest BCUT2D eigenvalue weighted by Crippen LogP contribution is -2.30. The van der Waals surface area contributed by atoms with E-state index >= 15 is 0 Å². The van der Waals surface area contributed by atoms with Gasteiger partial charge in [0.15, 0.2) is 0 Å². The molecule has 1 aliphatic heterocycles. The van der Waals surface area contributed by atoms with Crippen LogP contribution in [-0.2, 0) is 11.2 Å². The molecule has 0 radical (unpaired) electrons. The number of hydrogen-bond donors (Lipinski definition) is 0. The molecular formula is C24H18N2O. The van der Waals surface area contributed by atoms with Gasteiger partial charge in [-0.3, -0.25) is 9.69 Å². The molecule has 130 valence electrons. The van der Waals surface area contributed by atoms with Crippen LogP contribution < -0.4 is 4.90 Å². The van der Waals surface area contributed by atoms with Crippen molar-refractivity contribution in [2.75, 3.05) is 4.90 Å². The van der Waals surface area contributed by atoms with Crippen molar-refractivity contribution in [3.05, 3.63) is 95.2 Å². The minimum atomic E-state index is -0.0809. The van der Waals surface area contributed by atoms with Crippen molar-refractivity contribution in [2.24, 2.45) is 4.99 Å². The first-order chi connectivity index (χ1) is 13.2. The van der Waals surface area contributed by atoms with Crippen molar-refractivity contribution in [3.63, 3.8) is 0 Å². The second-order valence-corrected chi connectivity index (χ2v) is 6.92. The third kappa shape index (κ3) is 2.59. The summed E-state index contributed by atoms with van der Waals surface area (Å²) in [6.07, 6.45) is 2.79. The van der Waals surface area contributed by atoms with Crippen LogP contribution in [0.2, 0.25) is 0 Å². The van der Waals surface area contributed by atoms with Crippen LogP contribution in [-0.4, -0.2) is 11.7 Å². The van der Waals surface area contributed by atoms with E-state index in [2.05, 4.69) is 41.4 Å². The molecule has 0 aromatic heterocycles. The molecule has 0 bridgehead atoms. The van der Waals surface area contributed by atoms with Crippen molar-refractivity contribution in [3.8, 4) is 11.1 Å². The van der Waals surface area contributed by atoms with E-state index in [4.69, 9.17) is 0 Å². The Morgan fingerprint density at radius 2 is 1.63 bits per heavy atom. The number of fused-ring (bicyclic) bond motifs is 3. The Kier molecular flexibility index (Phi) is 3.54. The molecule has 1 amide bonds. The Morgan fingerprint density at radius 1 is 0.889 bits per heavy atom. The van der Waals surface area contributed by atoms with E-state index in [1.807, 2.05) is 49.4 Å². The summed E-state index contributed by atoms with van der Waals surface area (Å²) in [6.45, 7) is 1.88. The predicted octanol–water partition coefficient (Wildman–Crippen LogP) is 5.06. The summed E-state index contributed by atoms with van der Waals surface area (Å²) in [5, 5.41) is 0. The van der Waals surface area contributed by atoms with Gasteiger partial charge in [0.25, 0.3) is 5.91 Å². The Labute approximate surface area is 158 Å². The van der Waals surface area contributed by atoms with Crippen LogP contribution >= 0.6 is 0 Å². The largest absolute Gasteiger partial charge is 0.282 e. The second-order valence-electron chi connectivity index (χ2n) is 6.92. The number of carbonyl (C=O) groups is 1. The third-order valence-corrected chi connectivity index (χ3v) is 5.17. The van der Waals surface area contributed by atoms with Gasteiger partial charge < -0.3 is 0 Å². The summed E-state index contributed by atoms with van der Waals surface area (Å²) in [6, 6.07) is 24.5. The molecule has 0 saturated heterocycles. The molecule has 3 aromatic carbocycles. The van der Waals surface area contributed by atoms with Crippen LogP contribution in [0.4, 0.5) is 5.69 Å². The average molecular weight is 350 g/mol. The van der Waals surface area contributed by atoms with Gasteiger partial charge in [0.2, 0.25) is 0 Å². The number of carbonyl (C=O) groups excluding carboxylic acids is 1. The lowest BCUT2D eigenvalue weighted by atomic mass is 10.0. The van der Waals surface area contributed by atoms with Crippen LogP contribution in [0.25, 0.3) is 17.2 Å². The van der Waals surface area contributed by atoms with Gasteiger partial charge in [0.05, 0.1) is 5.69 Å². The summed E-state index contributed by atoms with van der Waals surface area (Å²) in [4.78, 5) is 19.2. The van der Waals surface area contributed by atoms with Crippen molar-refractivity contribution >= 4 is 23.5 Å². The second kappa shape index (κ2) is 6.06. The van der Waals surface area contributed by atoms with Crippen LogP contribution in [0.3, 0.4) is 0 Å². The molecule has 5 rings (SSSR count). The first kappa shape index (κ1) is 15.8. The van der Waals surface area contributed by atoms with Crippen LogP contribution in [0.5, 0.6) is 0 Å². The van der Waals surface area contributed by atoms with Crippen molar-refractivity contribution < 1.29 is 4.79 Å². The summed E-state index contributed by atoms with van der Waals surface area (Å²) < 4.78 is 0. The molecule has 0 atom stereocenters. The number of amides is 1. The fourth-order valence-corrected chi connectivity index (χ4v) is 3.89. The van der Waals surface area contributed by atoms with E-state index < -0.39 is 0 Å². The molecule has 3 heteroatoms. The minimum Gasteiger partial charge on any atom is -0.266 e. The molecule has 0 unspecified atom stereocenters. The maximum Gasteiger partial charge on any atom is 0.282 e. The minimum absolute atomic E-state index is 0.0809. The molecule has 27 heavy (non-hydrogen) atoms. The van der Waals surface area contributed by atoms with E-state index in [0.717, 1.165) is 17.7 Å². The highest BCUT2D eigenvalue weighted by Gasteiger charge is 2.30. The van der Waals surface area contributed by atoms with Gasteiger partial charge >= 0.3 is 0 Å². The van der Waals surface area contributed by atoms with Gasteiger partial charge in [-0.1, -0.05) is 60.7 Å². The van der Waals surface area contributed by atoms with Crippen molar-refractivity contribution in [1.82, 2.24) is 0 Å². The zero-order chi connectivity index (χ0) is 18.4. The highest BCUT2D eigenvalue weighted by atomic mass is 16.2. The van der Waals surface area contributed by atoms with Crippen LogP contribution in [0.15, 0.2) is 83.5 Å². The quantitative estimate of drug-likeness (QED) is 0.465. The Hall–Kier alpha value is -3.46. The maximum atomic E-state index is 13.0. The number of amidine groups is 1. The van der Waals surface area contributed by atoms with Gasteiger partial charge in [-0.25, -0.2) is 4.99 Å². The first-order valence-electron chi connectivity index (χ1n) is 9.08. The molecule has 0 spiro atoms. The van der Waals surface area contributed by atoms with E-state index in [1.165, 1.54) is 22.3 Å². The SMILES string of the molecule is CC1=N/C(=C/c2ccccc2)C(=O)N1c1ccc2c(c1)-c1ccccc1C2. The number of benzene rings is 3. The smallest absolute Gasteiger partial charge is 0.266 e. The fourth-order valence-electron chi connectivity index (χ4n) is 3.89. The number of aliphatic imine (C=N–C) groups is 1. The molecule has 0 fully saturated rings. The van der Waals surface area contributed by atoms with Crippen molar-refractivity contribution in [1.29, 1.82) is 0 Å². The Bertz CT molecular complexity index is 1130. The predicted molar refractivity (Wildman–Crippen MR) is 110 cm³/mol. The van der Waals surface area contributed by atoms with Gasteiger partial charge in [0, 0.05) is 0 Å². The fraction of sp³-hybridized carbons (Fsp3) is 0.0833. The summed E-state index contributed by atoms with van der Waals surface area (Å²) in [5.41, 5.74) is 7.43. The molecule has 1 heterocycles. The number of nitrogens with zero attached hydrogens (tertiary/aromatic N) is 2.